The molecule has 0 aliphatic heterocycles. The Morgan fingerprint density at radius 1 is 0.791 bits per heavy atom. The van der Waals surface area contributed by atoms with Crippen LogP contribution in [0.2, 0.25) is 0 Å². The van der Waals surface area contributed by atoms with Crippen LogP contribution in [0.1, 0.15) is 36.7 Å². The van der Waals surface area contributed by atoms with Gasteiger partial charge in [-0.2, -0.15) is 13.2 Å². The summed E-state index contributed by atoms with van der Waals surface area (Å²) >= 11 is 0. The van der Waals surface area contributed by atoms with Gasteiger partial charge in [0.05, 0.1) is 34.2 Å². The van der Waals surface area contributed by atoms with Crippen molar-refractivity contribution in [1.82, 2.24) is 14.1 Å². The highest BCUT2D eigenvalue weighted by Gasteiger charge is 2.31. The lowest BCUT2D eigenvalue weighted by Gasteiger charge is -2.19. The third kappa shape index (κ3) is 6.43. The first-order chi connectivity index (χ1) is 20.3. The van der Waals surface area contributed by atoms with Crippen LogP contribution >= 0.6 is 0 Å². The third-order valence-electron chi connectivity index (χ3n) is 6.23. The van der Waals surface area contributed by atoms with Crippen molar-refractivity contribution in [2.24, 2.45) is 0 Å². The Labute approximate surface area is 243 Å². The van der Waals surface area contributed by atoms with E-state index in [9.17, 15) is 27.6 Å². The molecule has 2 aromatic heterocycles. The van der Waals surface area contributed by atoms with Gasteiger partial charge in [-0.3, -0.25) is 24.2 Å². The molecule has 5 aromatic rings. The number of rotatable bonds is 5. The van der Waals surface area contributed by atoms with Crippen molar-refractivity contribution in [3.05, 3.63) is 113 Å². The first-order valence-electron chi connectivity index (χ1n) is 13.1. The number of halogens is 3. The van der Waals surface area contributed by atoms with E-state index in [1.54, 1.807) is 75.6 Å². The lowest BCUT2D eigenvalue weighted by Crippen LogP contribution is -2.27. The lowest BCUT2D eigenvalue weighted by molar-refractivity contribution is -0.137. The van der Waals surface area contributed by atoms with E-state index < -0.39 is 35.0 Å². The first kappa shape index (κ1) is 29.1. The molecule has 12 heteroatoms. The van der Waals surface area contributed by atoms with E-state index in [-0.39, 0.29) is 5.56 Å². The van der Waals surface area contributed by atoms with Crippen molar-refractivity contribution < 1.29 is 27.5 Å². The normalized spacial score (nSPS) is 11.8. The molecule has 0 aliphatic rings. The van der Waals surface area contributed by atoms with E-state index in [1.807, 2.05) is 0 Å². The predicted molar refractivity (Wildman–Crippen MR) is 156 cm³/mol. The maximum absolute atomic E-state index is 13.8. The summed E-state index contributed by atoms with van der Waals surface area (Å²) in [7, 11) is 0. The second-order valence-electron chi connectivity index (χ2n) is 10.6. The van der Waals surface area contributed by atoms with Crippen LogP contribution < -0.4 is 16.3 Å². The molecule has 0 saturated carbocycles. The van der Waals surface area contributed by atoms with Gasteiger partial charge in [-0.1, -0.05) is 12.1 Å². The molecule has 0 fully saturated rings. The van der Waals surface area contributed by atoms with E-state index in [1.165, 1.54) is 33.4 Å². The van der Waals surface area contributed by atoms with E-state index in [2.05, 4.69) is 15.6 Å². The summed E-state index contributed by atoms with van der Waals surface area (Å²) in [6, 6.07) is 18.8. The number of ether oxygens (including phenoxy) is 1. The van der Waals surface area contributed by atoms with Gasteiger partial charge in [-0.05, 0) is 87.5 Å². The zero-order valence-electron chi connectivity index (χ0n) is 23.3. The number of pyridine rings is 1. The largest absolute Gasteiger partial charge is 0.444 e. The molecule has 2 N–H and O–H groups in total. The Kier molecular flexibility index (Phi) is 7.53. The van der Waals surface area contributed by atoms with Gasteiger partial charge < -0.3 is 10.1 Å². The molecule has 0 atom stereocenters. The zero-order valence-corrected chi connectivity index (χ0v) is 23.3. The van der Waals surface area contributed by atoms with Gasteiger partial charge in [0.25, 0.3) is 5.91 Å². The molecule has 0 unspecified atom stereocenters. The molecule has 5 rings (SSSR count). The number of amides is 2. The van der Waals surface area contributed by atoms with Crippen molar-refractivity contribution in [1.29, 1.82) is 0 Å². The standard InChI is InChI=1S/C31H26F3N5O4/c1-30(2,3)43-28(41)37-22-8-5-9-24(17-22)39-25-14-15-35-18-26(25)38(29(39)42)23-12-10-21(11-13-23)36-27(40)19-6-4-7-20(16-19)31(32,33)34/h4-18H,1-3H3,(H,36,40)(H,37,41). The van der Waals surface area contributed by atoms with Gasteiger partial charge in [-0.15, -0.1) is 0 Å². The number of imidazole rings is 1. The predicted octanol–water partition coefficient (Wildman–Crippen LogP) is 6.79. The van der Waals surface area contributed by atoms with Crippen molar-refractivity contribution in [2.75, 3.05) is 10.6 Å². The van der Waals surface area contributed by atoms with Crippen LogP contribution in [-0.4, -0.2) is 31.7 Å². The number of carbonyl (C=O) groups is 2. The Hall–Kier alpha value is -5.39. The van der Waals surface area contributed by atoms with Crippen LogP contribution in [0.4, 0.5) is 29.3 Å². The number of hydrogen-bond donors (Lipinski definition) is 2. The quantitative estimate of drug-likeness (QED) is 0.235. The number of anilines is 2. The fourth-order valence-corrected chi connectivity index (χ4v) is 4.42. The number of benzene rings is 3. The average molecular weight is 590 g/mol. The molecule has 0 spiro atoms. The van der Waals surface area contributed by atoms with Crippen LogP contribution in [0, 0.1) is 0 Å². The fraction of sp³-hybridized carbons (Fsp3) is 0.161. The summed E-state index contributed by atoms with van der Waals surface area (Å²) in [6.45, 7) is 5.26. The second-order valence-corrected chi connectivity index (χ2v) is 10.6. The molecule has 2 heterocycles. The number of aromatic nitrogens is 3. The summed E-state index contributed by atoms with van der Waals surface area (Å²) in [5.74, 6) is -0.711. The monoisotopic (exact) mass is 589 g/mol. The number of hydrogen-bond acceptors (Lipinski definition) is 5. The summed E-state index contributed by atoms with van der Waals surface area (Å²) in [4.78, 5) is 42.9. The van der Waals surface area contributed by atoms with Crippen molar-refractivity contribution in [3.63, 3.8) is 0 Å². The molecule has 9 nitrogen and oxygen atoms in total. The molecule has 2 amide bonds. The number of nitrogens with zero attached hydrogens (tertiary/aromatic N) is 3. The molecular formula is C31H26F3N5O4. The SMILES string of the molecule is CC(C)(C)OC(=O)Nc1cccc(-n2c(=O)n(-c3ccc(NC(=O)c4cccc(C(F)(F)F)c4)cc3)c3cnccc32)c1. The van der Waals surface area contributed by atoms with E-state index in [0.717, 1.165) is 12.1 Å². The maximum Gasteiger partial charge on any atom is 0.416 e. The molecule has 0 bridgehead atoms. The Morgan fingerprint density at radius 2 is 1.49 bits per heavy atom. The highest BCUT2D eigenvalue weighted by atomic mass is 19.4. The zero-order chi connectivity index (χ0) is 30.9. The molecule has 220 valence electrons. The van der Waals surface area contributed by atoms with E-state index in [4.69, 9.17) is 4.74 Å². The van der Waals surface area contributed by atoms with E-state index in [0.29, 0.717) is 33.8 Å². The van der Waals surface area contributed by atoms with Gasteiger partial charge in [0.15, 0.2) is 0 Å². The van der Waals surface area contributed by atoms with Crippen molar-refractivity contribution in [2.45, 2.75) is 32.5 Å². The summed E-state index contributed by atoms with van der Waals surface area (Å²) in [6.07, 6.45) is -2.12. The lowest BCUT2D eigenvalue weighted by atomic mass is 10.1. The molecule has 0 aliphatic carbocycles. The Morgan fingerprint density at radius 3 is 2.19 bits per heavy atom. The van der Waals surface area contributed by atoms with Crippen molar-refractivity contribution in [3.8, 4) is 11.4 Å². The first-order valence-corrected chi connectivity index (χ1v) is 13.1. The number of alkyl halides is 3. The minimum atomic E-state index is -4.57. The van der Waals surface area contributed by atoms with Gasteiger partial charge in [0, 0.05) is 23.1 Å². The molecular weight excluding hydrogens is 563 g/mol. The number of fused-ring (bicyclic) bond motifs is 1. The van der Waals surface area contributed by atoms with Gasteiger partial charge >= 0.3 is 18.0 Å². The minimum Gasteiger partial charge on any atom is -0.444 e. The molecule has 3 aromatic carbocycles. The fourth-order valence-electron chi connectivity index (χ4n) is 4.42. The average Bonchev–Trinajstić information content (AvgIpc) is 3.23. The van der Waals surface area contributed by atoms with E-state index >= 15 is 0 Å². The highest BCUT2D eigenvalue weighted by Crippen LogP contribution is 2.30. The Bertz CT molecular complexity index is 1890. The summed E-state index contributed by atoms with van der Waals surface area (Å²) in [5, 5.41) is 5.25. The van der Waals surface area contributed by atoms with Crippen LogP contribution in [0.3, 0.4) is 0 Å². The highest BCUT2D eigenvalue weighted by molar-refractivity contribution is 6.04. The minimum absolute atomic E-state index is 0.146. The summed E-state index contributed by atoms with van der Waals surface area (Å²) in [5.41, 5.74) is 0.569. The van der Waals surface area contributed by atoms with Gasteiger partial charge in [-0.25, -0.2) is 9.59 Å². The second kappa shape index (κ2) is 11.1. The summed E-state index contributed by atoms with van der Waals surface area (Å²) < 4.78 is 47.4. The smallest absolute Gasteiger partial charge is 0.416 e. The molecule has 0 radical (unpaired) electrons. The van der Waals surface area contributed by atoms with Crippen LogP contribution in [0.5, 0.6) is 0 Å². The number of nitrogens with one attached hydrogen (secondary N) is 2. The van der Waals surface area contributed by atoms with Crippen molar-refractivity contribution >= 4 is 34.4 Å². The van der Waals surface area contributed by atoms with Crippen LogP contribution in [0.15, 0.2) is 96.1 Å². The maximum atomic E-state index is 13.8. The van der Waals surface area contributed by atoms with Gasteiger partial charge in [0.1, 0.15) is 5.60 Å². The van der Waals surface area contributed by atoms with Crippen LogP contribution in [-0.2, 0) is 10.9 Å². The topological polar surface area (TPSA) is 107 Å². The van der Waals surface area contributed by atoms with Crippen LogP contribution in [0.25, 0.3) is 22.4 Å². The molecule has 0 saturated heterocycles. The number of carbonyl (C=O) groups excluding carboxylic acids is 2. The molecule has 43 heavy (non-hydrogen) atoms. The Balaban J connectivity index is 1.44. The third-order valence-corrected chi connectivity index (χ3v) is 6.23. The van der Waals surface area contributed by atoms with Gasteiger partial charge in [0.2, 0.25) is 0 Å².